The molecule has 1 aromatic heterocycles. The van der Waals surface area contributed by atoms with E-state index in [4.69, 9.17) is 5.41 Å². The van der Waals surface area contributed by atoms with Gasteiger partial charge in [-0.2, -0.15) is 0 Å². The molecule has 0 bridgehead atoms. The normalized spacial score (nSPS) is 9.23. The van der Waals surface area contributed by atoms with E-state index in [0.717, 1.165) is 5.69 Å². The van der Waals surface area contributed by atoms with E-state index in [2.05, 4.69) is 0 Å². The van der Waals surface area contributed by atoms with E-state index in [1.807, 2.05) is 46.5 Å². The number of halogens is 1. The molecular formula is C9H9ClN2S. The molecule has 0 fully saturated rings. The van der Waals surface area contributed by atoms with Crippen molar-refractivity contribution in [2.75, 3.05) is 0 Å². The van der Waals surface area contributed by atoms with Gasteiger partial charge >= 0.3 is 0 Å². The summed E-state index contributed by atoms with van der Waals surface area (Å²) in [6, 6.07) is 9.90. The van der Waals surface area contributed by atoms with Crippen molar-refractivity contribution < 1.29 is 0 Å². The van der Waals surface area contributed by atoms with Gasteiger partial charge in [0.25, 0.3) is 0 Å². The molecule has 0 unspecified atom stereocenters. The number of thiazole rings is 1. The predicted molar refractivity (Wildman–Crippen MR) is 56.7 cm³/mol. The number of aromatic nitrogens is 1. The second kappa shape index (κ2) is 4.25. The smallest absolute Gasteiger partial charge is 0.186 e. The van der Waals surface area contributed by atoms with Crippen molar-refractivity contribution in [3.63, 3.8) is 0 Å². The van der Waals surface area contributed by atoms with Crippen LogP contribution in [0.3, 0.4) is 0 Å². The van der Waals surface area contributed by atoms with Gasteiger partial charge in [0.15, 0.2) is 4.80 Å². The zero-order valence-electron chi connectivity index (χ0n) is 6.81. The first-order valence-corrected chi connectivity index (χ1v) is 4.52. The molecule has 2 rings (SSSR count). The first-order valence-electron chi connectivity index (χ1n) is 3.64. The molecule has 0 radical (unpaired) electrons. The van der Waals surface area contributed by atoms with Crippen molar-refractivity contribution in [2.45, 2.75) is 0 Å². The van der Waals surface area contributed by atoms with E-state index >= 15 is 0 Å². The van der Waals surface area contributed by atoms with Gasteiger partial charge in [-0.05, 0) is 12.1 Å². The molecule has 0 saturated carbocycles. The quantitative estimate of drug-likeness (QED) is 0.753. The van der Waals surface area contributed by atoms with Crippen molar-refractivity contribution in [1.29, 1.82) is 5.41 Å². The molecule has 0 spiro atoms. The Hall–Kier alpha value is -1.06. The second-order valence-corrected chi connectivity index (χ2v) is 3.31. The Kier molecular flexibility index (Phi) is 3.28. The van der Waals surface area contributed by atoms with Gasteiger partial charge in [-0.1, -0.05) is 18.2 Å². The van der Waals surface area contributed by atoms with Crippen molar-refractivity contribution >= 4 is 23.7 Å². The van der Waals surface area contributed by atoms with Gasteiger partial charge in [0.1, 0.15) is 0 Å². The maximum atomic E-state index is 7.57. The minimum atomic E-state index is 0. The molecule has 0 aliphatic carbocycles. The van der Waals surface area contributed by atoms with Crippen LogP contribution in [0.5, 0.6) is 0 Å². The van der Waals surface area contributed by atoms with Crippen LogP contribution in [-0.2, 0) is 0 Å². The predicted octanol–water partition coefficient (Wildman–Crippen LogP) is 2.44. The topological polar surface area (TPSA) is 28.8 Å². The van der Waals surface area contributed by atoms with Crippen LogP contribution < -0.4 is 4.80 Å². The molecule has 0 saturated heterocycles. The molecule has 0 atom stereocenters. The average molecular weight is 213 g/mol. The highest BCUT2D eigenvalue weighted by molar-refractivity contribution is 7.07. The second-order valence-electron chi connectivity index (χ2n) is 2.41. The summed E-state index contributed by atoms with van der Waals surface area (Å²) in [5.41, 5.74) is 1.05. The van der Waals surface area contributed by atoms with Gasteiger partial charge in [0.05, 0.1) is 0 Å². The number of benzene rings is 1. The third-order valence-electron chi connectivity index (χ3n) is 1.64. The van der Waals surface area contributed by atoms with Gasteiger partial charge in [0.2, 0.25) is 0 Å². The van der Waals surface area contributed by atoms with Crippen LogP contribution in [0.4, 0.5) is 0 Å². The maximum absolute atomic E-state index is 7.57. The Morgan fingerprint density at radius 1 is 1.15 bits per heavy atom. The van der Waals surface area contributed by atoms with Gasteiger partial charge < -0.3 is 0 Å². The number of nitrogens with zero attached hydrogens (tertiary/aromatic N) is 1. The summed E-state index contributed by atoms with van der Waals surface area (Å²) in [6.45, 7) is 0. The molecule has 1 heterocycles. The Balaban J connectivity index is 0.000000845. The SMILES string of the molecule is Cl.N=c1sccn1-c1ccccc1. The van der Waals surface area contributed by atoms with Crippen LogP contribution in [0, 0.1) is 5.41 Å². The lowest BCUT2D eigenvalue weighted by molar-refractivity contribution is 0.979. The fourth-order valence-corrected chi connectivity index (χ4v) is 1.66. The van der Waals surface area contributed by atoms with Crippen molar-refractivity contribution in [3.8, 4) is 5.69 Å². The number of nitrogens with one attached hydrogen (secondary N) is 1. The summed E-state index contributed by atoms with van der Waals surface area (Å²) in [7, 11) is 0. The Labute approximate surface area is 86.4 Å². The van der Waals surface area contributed by atoms with Gasteiger partial charge in [-0.3, -0.25) is 9.98 Å². The molecule has 0 aliphatic rings. The lowest BCUT2D eigenvalue weighted by atomic mass is 10.3. The third-order valence-corrected chi connectivity index (χ3v) is 2.32. The summed E-state index contributed by atoms with van der Waals surface area (Å²) in [6.07, 6.45) is 1.91. The van der Waals surface area contributed by atoms with E-state index in [-0.39, 0.29) is 12.4 Å². The fraction of sp³-hybridized carbons (Fsp3) is 0. The molecule has 1 N–H and O–H groups in total. The van der Waals surface area contributed by atoms with Crippen molar-refractivity contribution in [1.82, 2.24) is 4.57 Å². The van der Waals surface area contributed by atoms with E-state index in [1.54, 1.807) is 0 Å². The highest BCUT2D eigenvalue weighted by Crippen LogP contribution is 2.04. The molecular weight excluding hydrogens is 204 g/mol. The molecule has 1 aromatic carbocycles. The van der Waals surface area contributed by atoms with Gasteiger partial charge in [-0.15, -0.1) is 23.7 Å². The Bertz CT molecular complexity index is 418. The number of hydrogen-bond acceptors (Lipinski definition) is 2. The van der Waals surface area contributed by atoms with Crippen LogP contribution in [-0.4, -0.2) is 4.57 Å². The highest BCUT2D eigenvalue weighted by Gasteiger charge is 1.94. The summed E-state index contributed by atoms with van der Waals surface area (Å²) in [5, 5.41) is 9.48. The molecule has 4 heteroatoms. The summed E-state index contributed by atoms with van der Waals surface area (Å²) >= 11 is 1.43. The number of para-hydroxylation sites is 1. The molecule has 13 heavy (non-hydrogen) atoms. The summed E-state index contributed by atoms with van der Waals surface area (Å²) < 4.78 is 1.85. The van der Waals surface area contributed by atoms with Crippen molar-refractivity contribution in [3.05, 3.63) is 46.7 Å². The zero-order valence-corrected chi connectivity index (χ0v) is 8.44. The monoisotopic (exact) mass is 212 g/mol. The molecule has 2 aromatic rings. The largest absolute Gasteiger partial charge is 0.293 e. The van der Waals surface area contributed by atoms with Gasteiger partial charge in [0, 0.05) is 17.3 Å². The third kappa shape index (κ3) is 1.99. The van der Waals surface area contributed by atoms with Crippen LogP contribution in [0.15, 0.2) is 41.9 Å². The van der Waals surface area contributed by atoms with Crippen LogP contribution in [0.25, 0.3) is 5.69 Å². The number of rotatable bonds is 1. The molecule has 68 valence electrons. The zero-order chi connectivity index (χ0) is 8.39. The minimum absolute atomic E-state index is 0. The van der Waals surface area contributed by atoms with Crippen LogP contribution in [0.2, 0.25) is 0 Å². The van der Waals surface area contributed by atoms with Crippen LogP contribution >= 0.6 is 23.7 Å². The average Bonchev–Trinajstić information content (AvgIpc) is 2.53. The van der Waals surface area contributed by atoms with Crippen LogP contribution in [0.1, 0.15) is 0 Å². The van der Waals surface area contributed by atoms with Gasteiger partial charge in [-0.25, -0.2) is 0 Å². The standard InChI is InChI=1S/C9H8N2S.ClH/c10-9-11(6-7-12-9)8-4-2-1-3-5-8;/h1-7,10H;1H. The molecule has 0 aliphatic heterocycles. The first kappa shape index (κ1) is 10.0. The Morgan fingerprint density at radius 2 is 1.85 bits per heavy atom. The lowest BCUT2D eigenvalue weighted by Gasteiger charge is -1.99. The number of hydrogen-bond donors (Lipinski definition) is 1. The highest BCUT2D eigenvalue weighted by atomic mass is 35.5. The summed E-state index contributed by atoms with van der Waals surface area (Å²) in [5.74, 6) is 0. The first-order chi connectivity index (χ1) is 5.88. The van der Waals surface area contributed by atoms with E-state index < -0.39 is 0 Å². The summed E-state index contributed by atoms with van der Waals surface area (Å²) in [4.78, 5) is 0.557. The maximum Gasteiger partial charge on any atom is 0.186 e. The Morgan fingerprint density at radius 3 is 2.38 bits per heavy atom. The molecule has 2 nitrogen and oxygen atoms in total. The fourth-order valence-electron chi connectivity index (χ4n) is 1.07. The minimum Gasteiger partial charge on any atom is -0.293 e. The van der Waals surface area contributed by atoms with Crippen molar-refractivity contribution in [2.24, 2.45) is 0 Å². The van der Waals surface area contributed by atoms with E-state index in [9.17, 15) is 0 Å². The van der Waals surface area contributed by atoms with E-state index in [1.165, 1.54) is 11.3 Å². The lowest BCUT2D eigenvalue weighted by Crippen LogP contribution is -2.08. The van der Waals surface area contributed by atoms with E-state index in [0.29, 0.717) is 4.80 Å². The molecule has 0 amide bonds.